The van der Waals surface area contributed by atoms with Gasteiger partial charge in [-0.15, -0.1) is 0 Å². The Morgan fingerprint density at radius 1 is 0.644 bits per heavy atom. The molecular formula is C40H38N4O. The number of para-hydroxylation sites is 1. The zero-order valence-electron chi connectivity index (χ0n) is 26.8. The minimum atomic E-state index is 0.760. The number of ether oxygens (including phenoxy) is 1. The number of hydrogen-bond donors (Lipinski definition) is 0. The average molecular weight is 591 g/mol. The number of aryl methyl sites for hydroxylation is 5. The molecule has 5 nitrogen and oxygen atoms in total. The first-order chi connectivity index (χ1) is 21.9. The maximum Gasteiger partial charge on any atom is 0.137 e. The largest absolute Gasteiger partial charge is 0.457 e. The van der Waals surface area contributed by atoms with Crippen LogP contribution in [-0.4, -0.2) is 19.3 Å². The number of fused-ring (bicyclic) bond motifs is 3. The van der Waals surface area contributed by atoms with Crippen LogP contribution in [-0.2, 0) is 12.8 Å². The van der Waals surface area contributed by atoms with E-state index < -0.39 is 0 Å². The van der Waals surface area contributed by atoms with Crippen molar-refractivity contribution in [2.75, 3.05) is 0 Å². The summed E-state index contributed by atoms with van der Waals surface area (Å²) in [6, 6.07) is 31.8. The summed E-state index contributed by atoms with van der Waals surface area (Å²) in [6.45, 7) is 13.1. The van der Waals surface area contributed by atoms with Crippen molar-refractivity contribution in [1.82, 2.24) is 19.3 Å². The molecule has 3 aromatic heterocycles. The molecule has 0 fully saturated rings. The summed E-state index contributed by atoms with van der Waals surface area (Å²) in [5, 5.41) is 7.40. The van der Waals surface area contributed by atoms with Crippen molar-refractivity contribution in [3.8, 4) is 34.1 Å². The molecule has 0 radical (unpaired) electrons. The zero-order valence-corrected chi connectivity index (χ0v) is 26.8. The fourth-order valence-electron chi connectivity index (χ4n) is 6.79. The smallest absolute Gasteiger partial charge is 0.137 e. The maximum atomic E-state index is 6.53. The predicted octanol–water partition coefficient (Wildman–Crippen LogP) is 10.2. The van der Waals surface area contributed by atoms with Gasteiger partial charge in [-0.05, 0) is 105 Å². The molecule has 0 aliphatic rings. The van der Waals surface area contributed by atoms with Crippen LogP contribution in [0.1, 0.15) is 47.5 Å². The van der Waals surface area contributed by atoms with Gasteiger partial charge in [-0.3, -0.25) is 4.57 Å². The third-order valence-electron chi connectivity index (χ3n) is 8.82. The Morgan fingerprint density at radius 3 is 2.13 bits per heavy atom. The summed E-state index contributed by atoms with van der Waals surface area (Å²) in [5.74, 6) is 2.42. The molecule has 0 aliphatic heterocycles. The topological polar surface area (TPSA) is 44.9 Å². The van der Waals surface area contributed by atoms with E-state index in [1.807, 2.05) is 30.5 Å². The van der Waals surface area contributed by atoms with Gasteiger partial charge in [0.2, 0.25) is 0 Å². The minimum absolute atomic E-state index is 0.760. The lowest BCUT2D eigenvalue weighted by molar-refractivity contribution is 0.483. The lowest BCUT2D eigenvalue weighted by Gasteiger charge is -2.16. The second-order valence-electron chi connectivity index (χ2n) is 11.9. The van der Waals surface area contributed by atoms with Crippen LogP contribution < -0.4 is 4.74 Å². The van der Waals surface area contributed by atoms with Crippen molar-refractivity contribution >= 4 is 21.8 Å². The molecule has 0 unspecified atom stereocenters. The Kier molecular flexibility index (Phi) is 7.25. The fourth-order valence-corrected chi connectivity index (χ4v) is 6.79. The first-order valence-corrected chi connectivity index (χ1v) is 15.8. The van der Waals surface area contributed by atoms with Gasteiger partial charge in [-0.2, -0.15) is 5.10 Å². The van der Waals surface area contributed by atoms with Gasteiger partial charge in [0.15, 0.2) is 0 Å². The third-order valence-corrected chi connectivity index (χ3v) is 8.82. The van der Waals surface area contributed by atoms with E-state index in [9.17, 15) is 0 Å². The Morgan fingerprint density at radius 2 is 1.38 bits per heavy atom. The van der Waals surface area contributed by atoms with Crippen LogP contribution in [0.3, 0.4) is 0 Å². The Hall–Kier alpha value is -5.16. The highest BCUT2D eigenvalue weighted by atomic mass is 16.5. The molecule has 0 bridgehead atoms. The van der Waals surface area contributed by atoms with Crippen LogP contribution in [0, 0.1) is 27.7 Å². The van der Waals surface area contributed by atoms with E-state index in [2.05, 4.69) is 118 Å². The highest BCUT2D eigenvalue weighted by Crippen LogP contribution is 2.37. The molecule has 224 valence electrons. The Bertz CT molecular complexity index is 2190. The summed E-state index contributed by atoms with van der Waals surface area (Å²) >= 11 is 0. The van der Waals surface area contributed by atoms with Crippen LogP contribution >= 0.6 is 0 Å². The second-order valence-corrected chi connectivity index (χ2v) is 11.9. The summed E-state index contributed by atoms with van der Waals surface area (Å²) in [7, 11) is 0. The minimum Gasteiger partial charge on any atom is -0.457 e. The number of aromatic nitrogens is 4. The van der Waals surface area contributed by atoms with Crippen LogP contribution in [0.15, 0.2) is 97.2 Å². The van der Waals surface area contributed by atoms with E-state index in [1.54, 1.807) is 0 Å². The molecule has 4 aromatic carbocycles. The van der Waals surface area contributed by atoms with E-state index in [0.717, 1.165) is 58.3 Å². The maximum absolute atomic E-state index is 6.53. The van der Waals surface area contributed by atoms with Gasteiger partial charge in [0.1, 0.15) is 17.3 Å². The monoisotopic (exact) mass is 590 g/mol. The molecule has 0 atom stereocenters. The van der Waals surface area contributed by atoms with Gasteiger partial charge >= 0.3 is 0 Å². The number of benzene rings is 4. The molecule has 7 aromatic rings. The number of pyridine rings is 1. The summed E-state index contributed by atoms with van der Waals surface area (Å²) in [4.78, 5) is 4.72. The molecular weight excluding hydrogens is 552 g/mol. The highest BCUT2D eigenvalue weighted by molar-refractivity contribution is 6.09. The quantitative estimate of drug-likeness (QED) is 0.186. The lowest BCUT2D eigenvalue weighted by atomic mass is 9.89. The van der Waals surface area contributed by atoms with Crippen LogP contribution in [0.4, 0.5) is 0 Å². The molecule has 3 heterocycles. The van der Waals surface area contributed by atoms with Crippen molar-refractivity contribution in [3.05, 3.63) is 131 Å². The summed E-state index contributed by atoms with van der Waals surface area (Å²) in [5.41, 5.74) is 13.1. The molecule has 0 amide bonds. The second kappa shape index (κ2) is 11.4. The molecule has 0 saturated heterocycles. The first-order valence-electron chi connectivity index (χ1n) is 15.8. The number of rotatable bonds is 7. The van der Waals surface area contributed by atoms with E-state index >= 15 is 0 Å². The van der Waals surface area contributed by atoms with Gasteiger partial charge in [0, 0.05) is 40.4 Å². The fraction of sp³-hybridized carbons (Fsp3) is 0.200. The van der Waals surface area contributed by atoms with Crippen LogP contribution in [0.5, 0.6) is 11.5 Å². The number of nitrogens with zero attached hydrogens (tertiary/aromatic N) is 4. The molecule has 45 heavy (non-hydrogen) atoms. The van der Waals surface area contributed by atoms with Crippen molar-refractivity contribution in [3.63, 3.8) is 0 Å². The Balaban J connectivity index is 1.29. The molecule has 0 aliphatic carbocycles. The van der Waals surface area contributed by atoms with Crippen LogP contribution in [0.25, 0.3) is 44.4 Å². The average Bonchev–Trinajstić information content (AvgIpc) is 3.53. The summed E-state index contributed by atoms with van der Waals surface area (Å²) < 4.78 is 10.8. The van der Waals surface area contributed by atoms with E-state index in [-0.39, 0.29) is 0 Å². The highest BCUT2D eigenvalue weighted by Gasteiger charge is 2.20. The molecule has 7 rings (SSSR count). The van der Waals surface area contributed by atoms with Gasteiger partial charge in [0.25, 0.3) is 0 Å². The molecule has 0 spiro atoms. The van der Waals surface area contributed by atoms with Gasteiger partial charge < -0.3 is 4.74 Å². The normalized spacial score (nSPS) is 11.5. The first kappa shape index (κ1) is 28.6. The number of hydrogen-bond acceptors (Lipinski definition) is 3. The molecule has 0 N–H and O–H groups in total. The standard InChI is InChI=1S/C40H38N4O/c1-7-29-20-26(4)21-30(8-2)40(29)39-27(5)42-44(28(39)6)31-12-11-13-32(23-31)45-33-16-17-35-34-14-9-10-15-36(34)43(37(35)24-33)38-22-25(3)18-19-41-38/h9-24H,7-8H2,1-6H3. The third kappa shape index (κ3) is 4.98. The van der Waals surface area contributed by atoms with E-state index in [1.165, 1.54) is 44.2 Å². The van der Waals surface area contributed by atoms with Crippen molar-refractivity contribution in [2.45, 2.75) is 54.4 Å². The van der Waals surface area contributed by atoms with Gasteiger partial charge in [-0.1, -0.05) is 55.8 Å². The van der Waals surface area contributed by atoms with E-state index in [4.69, 9.17) is 14.8 Å². The Labute approximate surface area is 264 Å². The van der Waals surface area contributed by atoms with Crippen molar-refractivity contribution in [2.24, 2.45) is 0 Å². The van der Waals surface area contributed by atoms with Crippen LogP contribution in [0.2, 0.25) is 0 Å². The van der Waals surface area contributed by atoms with Crippen molar-refractivity contribution < 1.29 is 4.74 Å². The molecule has 5 heteroatoms. The summed E-state index contributed by atoms with van der Waals surface area (Å²) in [6.07, 6.45) is 3.84. The van der Waals surface area contributed by atoms with Gasteiger partial charge in [-0.25, -0.2) is 9.67 Å². The molecule has 0 saturated carbocycles. The zero-order chi connectivity index (χ0) is 31.2. The van der Waals surface area contributed by atoms with Crippen molar-refractivity contribution in [1.29, 1.82) is 0 Å². The lowest BCUT2D eigenvalue weighted by Crippen LogP contribution is -2.01. The SMILES string of the molecule is CCc1cc(C)cc(CC)c1-c1c(C)nn(-c2cccc(Oc3ccc4c5ccccc5n(-c5cc(C)ccn5)c4c3)c2)c1C. The predicted molar refractivity (Wildman–Crippen MR) is 185 cm³/mol. The van der Waals surface area contributed by atoms with Gasteiger partial charge in [0.05, 0.1) is 22.4 Å². The van der Waals surface area contributed by atoms with E-state index in [0.29, 0.717) is 0 Å².